The molecule has 0 saturated heterocycles. The van der Waals surface area contributed by atoms with Crippen molar-refractivity contribution in [3.8, 4) is 0 Å². The summed E-state index contributed by atoms with van der Waals surface area (Å²) in [7, 11) is 0. The van der Waals surface area contributed by atoms with Crippen molar-refractivity contribution in [1.82, 2.24) is 20.4 Å². The van der Waals surface area contributed by atoms with Crippen LogP contribution >= 0.6 is 11.3 Å². The number of hydrazine groups is 1. The van der Waals surface area contributed by atoms with Crippen LogP contribution in [-0.2, 0) is 19.4 Å². The Balaban J connectivity index is 1.39. The molecule has 144 valence electrons. The molecule has 0 radical (unpaired) electrons. The molecular formula is C21H22N4O2S. The van der Waals surface area contributed by atoms with Gasteiger partial charge in [-0.1, -0.05) is 6.92 Å². The highest BCUT2D eigenvalue weighted by atomic mass is 32.1. The van der Waals surface area contributed by atoms with E-state index in [4.69, 9.17) is 0 Å². The Labute approximate surface area is 167 Å². The molecule has 3 heterocycles. The zero-order chi connectivity index (χ0) is 19.5. The number of hydrogen-bond acceptors (Lipinski definition) is 4. The smallest absolute Gasteiger partial charge is 0.286 e. The van der Waals surface area contributed by atoms with Gasteiger partial charge in [-0.3, -0.25) is 25.4 Å². The number of carbonyl (C=O) groups is 2. The van der Waals surface area contributed by atoms with E-state index in [1.807, 2.05) is 35.0 Å². The zero-order valence-corrected chi connectivity index (χ0v) is 16.5. The number of carbonyl (C=O) groups excluding carboxylic acids is 2. The van der Waals surface area contributed by atoms with Gasteiger partial charge in [-0.05, 0) is 66.6 Å². The van der Waals surface area contributed by atoms with Gasteiger partial charge in [-0.15, -0.1) is 11.3 Å². The average Bonchev–Trinajstić information content (AvgIpc) is 3.33. The Kier molecular flexibility index (Phi) is 5.25. The molecule has 0 spiro atoms. The highest BCUT2D eigenvalue weighted by Crippen LogP contribution is 2.32. The first-order valence-electron chi connectivity index (χ1n) is 9.36. The number of hydrogen-bond donors (Lipinski definition) is 2. The number of amides is 2. The van der Waals surface area contributed by atoms with Gasteiger partial charge in [0.15, 0.2) is 0 Å². The van der Waals surface area contributed by atoms with Gasteiger partial charge in [0.1, 0.15) is 5.69 Å². The standard InChI is InChI=1S/C21H22N4O2S/c1-14-4-5-18-16(11-14)12-19(28-18)21(27)24-23-20(26)17-3-2-10-25(17)13-15-6-8-22-9-7-15/h2-3,6-10,12,14H,4-5,11,13H2,1H3,(H,23,26)(H,24,27). The van der Waals surface area contributed by atoms with E-state index in [0.29, 0.717) is 23.0 Å². The molecule has 3 aromatic rings. The molecule has 1 unspecified atom stereocenters. The van der Waals surface area contributed by atoms with Crippen molar-refractivity contribution in [1.29, 1.82) is 0 Å². The maximum atomic E-state index is 12.5. The lowest BCUT2D eigenvalue weighted by Gasteiger charge is -2.16. The van der Waals surface area contributed by atoms with E-state index in [2.05, 4.69) is 22.8 Å². The number of pyridine rings is 1. The molecule has 6 nitrogen and oxygen atoms in total. The summed E-state index contributed by atoms with van der Waals surface area (Å²) < 4.78 is 1.84. The van der Waals surface area contributed by atoms with Crippen LogP contribution in [0.2, 0.25) is 0 Å². The number of rotatable bonds is 4. The van der Waals surface area contributed by atoms with Crippen molar-refractivity contribution in [2.75, 3.05) is 0 Å². The van der Waals surface area contributed by atoms with Crippen LogP contribution in [0.1, 0.15) is 49.5 Å². The fraction of sp³-hybridized carbons (Fsp3) is 0.286. The van der Waals surface area contributed by atoms with Gasteiger partial charge in [0.25, 0.3) is 11.8 Å². The van der Waals surface area contributed by atoms with Crippen molar-refractivity contribution in [2.24, 2.45) is 5.92 Å². The second kappa shape index (κ2) is 7.98. The van der Waals surface area contributed by atoms with Crippen LogP contribution in [0.3, 0.4) is 0 Å². The molecule has 0 bridgehead atoms. The van der Waals surface area contributed by atoms with Crippen LogP contribution in [-0.4, -0.2) is 21.4 Å². The van der Waals surface area contributed by atoms with Crippen molar-refractivity contribution in [2.45, 2.75) is 32.7 Å². The minimum atomic E-state index is -0.345. The largest absolute Gasteiger partial charge is 0.339 e. The highest BCUT2D eigenvalue weighted by Gasteiger charge is 2.21. The molecule has 2 amide bonds. The summed E-state index contributed by atoms with van der Waals surface area (Å²) in [6, 6.07) is 9.31. The summed E-state index contributed by atoms with van der Waals surface area (Å²) in [6.45, 7) is 2.80. The molecule has 1 aliphatic carbocycles. The van der Waals surface area contributed by atoms with Gasteiger partial charge in [0, 0.05) is 30.0 Å². The van der Waals surface area contributed by atoms with Crippen LogP contribution in [0.15, 0.2) is 48.9 Å². The average molecular weight is 395 g/mol. The molecular weight excluding hydrogens is 372 g/mol. The van der Waals surface area contributed by atoms with Crippen molar-refractivity contribution in [3.63, 3.8) is 0 Å². The molecule has 2 N–H and O–H groups in total. The highest BCUT2D eigenvalue weighted by molar-refractivity contribution is 7.14. The van der Waals surface area contributed by atoms with Crippen molar-refractivity contribution in [3.05, 3.63) is 75.5 Å². The van der Waals surface area contributed by atoms with Gasteiger partial charge in [0.05, 0.1) is 4.88 Å². The van der Waals surface area contributed by atoms with Crippen molar-refractivity contribution < 1.29 is 9.59 Å². The summed E-state index contributed by atoms with van der Waals surface area (Å²) in [5.41, 5.74) is 7.88. The van der Waals surface area contributed by atoms with E-state index >= 15 is 0 Å². The Morgan fingerprint density at radius 3 is 2.82 bits per heavy atom. The molecule has 0 aromatic carbocycles. The molecule has 7 heteroatoms. The number of aryl methyl sites for hydroxylation is 1. The Morgan fingerprint density at radius 1 is 1.21 bits per heavy atom. The predicted molar refractivity (Wildman–Crippen MR) is 108 cm³/mol. The number of thiophene rings is 1. The third kappa shape index (κ3) is 3.99. The van der Waals surface area contributed by atoms with Crippen LogP contribution in [0.5, 0.6) is 0 Å². The molecule has 0 fully saturated rings. The summed E-state index contributed by atoms with van der Waals surface area (Å²) >= 11 is 1.53. The zero-order valence-electron chi connectivity index (χ0n) is 15.6. The number of fused-ring (bicyclic) bond motifs is 1. The van der Waals surface area contributed by atoms with E-state index < -0.39 is 0 Å². The molecule has 28 heavy (non-hydrogen) atoms. The third-order valence-electron chi connectivity index (χ3n) is 5.01. The van der Waals surface area contributed by atoms with Gasteiger partial charge >= 0.3 is 0 Å². The molecule has 3 aromatic heterocycles. The van der Waals surface area contributed by atoms with Crippen LogP contribution < -0.4 is 10.9 Å². The van der Waals surface area contributed by atoms with E-state index in [1.165, 1.54) is 28.2 Å². The van der Waals surface area contributed by atoms with E-state index in [9.17, 15) is 9.59 Å². The van der Waals surface area contributed by atoms with Gasteiger partial charge < -0.3 is 4.57 Å². The topological polar surface area (TPSA) is 76.0 Å². The summed E-state index contributed by atoms with van der Waals surface area (Å²) in [5.74, 6) is 0.0425. The normalized spacial score (nSPS) is 15.7. The fourth-order valence-corrected chi connectivity index (χ4v) is 4.60. The van der Waals surface area contributed by atoms with E-state index in [-0.39, 0.29) is 11.8 Å². The SMILES string of the molecule is CC1CCc2sc(C(=O)NNC(=O)c3cccn3Cc3ccncc3)cc2C1. The lowest BCUT2D eigenvalue weighted by atomic mass is 9.90. The van der Waals surface area contributed by atoms with Gasteiger partial charge in [-0.2, -0.15) is 0 Å². The second-order valence-corrected chi connectivity index (χ2v) is 8.33. The van der Waals surface area contributed by atoms with Gasteiger partial charge in [0.2, 0.25) is 0 Å². The van der Waals surface area contributed by atoms with Crippen molar-refractivity contribution >= 4 is 23.2 Å². The minimum absolute atomic E-state index is 0.271. The summed E-state index contributed by atoms with van der Waals surface area (Å²) in [4.78, 5) is 30.9. The molecule has 0 aliphatic heterocycles. The summed E-state index contributed by atoms with van der Waals surface area (Å²) in [5, 5.41) is 0. The quantitative estimate of drug-likeness (QED) is 0.667. The first kappa shape index (κ1) is 18.4. The minimum Gasteiger partial charge on any atom is -0.339 e. The van der Waals surface area contributed by atoms with Crippen LogP contribution in [0.4, 0.5) is 0 Å². The maximum Gasteiger partial charge on any atom is 0.286 e. The Hall–Kier alpha value is -2.93. The van der Waals surface area contributed by atoms with Gasteiger partial charge in [-0.25, -0.2) is 0 Å². The maximum absolute atomic E-state index is 12.5. The lowest BCUT2D eigenvalue weighted by molar-refractivity contribution is 0.0844. The second-order valence-electron chi connectivity index (χ2n) is 7.19. The monoisotopic (exact) mass is 394 g/mol. The fourth-order valence-electron chi connectivity index (χ4n) is 3.50. The number of nitrogens with zero attached hydrogens (tertiary/aromatic N) is 2. The van der Waals surface area contributed by atoms with Crippen LogP contribution in [0, 0.1) is 5.92 Å². The molecule has 4 rings (SSSR count). The molecule has 1 aliphatic rings. The first-order chi connectivity index (χ1) is 13.6. The third-order valence-corrected chi connectivity index (χ3v) is 6.24. The van der Waals surface area contributed by atoms with E-state index in [0.717, 1.165) is 18.4 Å². The number of nitrogens with one attached hydrogen (secondary N) is 2. The summed E-state index contributed by atoms with van der Waals surface area (Å²) in [6.07, 6.45) is 8.50. The first-order valence-corrected chi connectivity index (χ1v) is 10.2. The molecule has 1 atom stereocenters. The Bertz CT molecular complexity index is 993. The van der Waals surface area contributed by atoms with Crippen LogP contribution in [0.25, 0.3) is 0 Å². The predicted octanol–water partition coefficient (Wildman–Crippen LogP) is 3.19. The van der Waals surface area contributed by atoms with E-state index in [1.54, 1.807) is 18.5 Å². The Morgan fingerprint density at radius 2 is 2.00 bits per heavy atom. The number of aromatic nitrogens is 2. The lowest BCUT2D eigenvalue weighted by Crippen LogP contribution is -2.42. The molecule has 0 saturated carbocycles.